The third kappa shape index (κ3) is 30.5. The summed E-state index contributed by atoms with van der Waals surface area (Å²) in [6.07, 6.45) is 24.5. The van der Waals surface area contributed by atoms with Gasteiger partial charge in [0.05, 0.1) is 43.9 Å². The number of nitrogens with zero attached hydrogens (tertiary/aromatic N) is 1. The monoisotopic (exact) mass is 1240 g/mol. The van der Waals surface area contributed by atoms with Crippen LogP contribution in [0, 0.1) is 5.92 Å². The van der Waals surface area contributed by atoms with E-state index in [4.69, 9.17) is 4.74 Å². The van der Waals surface area contributed by atoms with Crippen molar-refractivity contribution in [1.82, 2.24) is 58.3 Å². The van der Waals surface area contributed by atoms with E-state index in [0.29, 0.717) is 93.4 Å². The molecule has 88 heavy (non-hydrogen) atoms. The fraction of sp³-hybridized carbons (Fsp3) is 0.631. The summed E-state index contributed by atoms with van der Waals surface area (Å²) in [4.78, 5) is 132. The van der Waals surface area contributed by atoms with E-state index >= 15 is 0 Å². The second-order valence-corrected chi connectivity index (χ2v) is 24.3. The Labute approximate surface area is 525 Å². The Hall–Kier alpha value is -6.69. The van der Waals surface area contributed by atoms with Gasteiger partial charge in [0.25, 0.3) is 5.91 Å². The van der Waals surface area contributed by atoms with Gasteiger partial charge in [0.2, 0.25) is 47.3 Å². The van der Waals surface area contributed by atoms with Crippen LogP contribution in [0.15, 0.2) is 72.8 Å². The fourth-order valence-electron chi connectivity index (χ4n) is 10.4. The van der Waals surface area contributed by atoms with Crippen LogP contribution in [0.25, 0.3) is 0 Å². The first kappa shape index (κ1) is 73.8. The fourth-order valence-corrected chi connectivity index (χ4v) is 10.8. The van der Waals surface area contributed by atoms with Crippen LogP contribution >= 0.6 is 11.8 Å². The van der Waals surface area contributed by atoms with Crippen molar-refractivity contribution in [3.63, 3.8) is 0 Å². The summed E-state index contributed by atoms with van der Waals surface area (Å²) >= 11 is 1.53. The Balaban J connectivity index is 1.18. The number of thioether (sulfide) groups is 1. The highest BCUT2D eigenvalue weighted by Gasteiger charge is 2.37. The molecule has 2 aromatic carbocycles. The number of carbonyl (C=O) groups is 10. The van der Waals surface area contributed by atoms with Gasteiger partial charge in [0.1, 0.15) is 30.5 Å². The average Bonchev–Trinajstić information content (AvgIpc) is 4.18. The second kappa shape index (κ2) is 43.1. The third-order valence-corrected chi connectivity index (χ3v) is 16.1. The van der Waals surface area contributed by atoms with Gasteiger partial charge in [-0.05, 0) is 113 Å². The largest absolute Gasteiger partial charge is 0.369 e. The number of hydrogen-bond donors (Lipinski definition) is 10. The van der Waals surface area contributed by atoms with Gasteiger partial charge < -0.3 is 57.4 Å². The molecule has 10 N–H and O–H groups in total. The number of unbranched alkanes of at least 4 members (excludes halogenated alkanes) is 8. The molecule has 2 fully saturated rings. The van der Waals surface area contributed by atoms with Crippen molar-refractivity contribution in [3.05, 3.63) is 83.9 Å². The number of hydrogen-bond acceptors (Lipinski definition) is 14. The highest BCUT2D eigenvalue weighted by atomic mass is 32.2. The minimum atomic E-state index is -1.24. The first-order chi connectivity index (χ1) is 42.5. The summed E-state index contributed by atoms with van der Waals surface area (Å²) in [6.45, 7) is 5.36. The van der Waals surface area contributed by atoms with Crippen LogP contribution < -0.4 is 53.3 Å². The normalized spacial score (nSPS) is 17.1. The molecule has 2 aromatic rings. The zero-order chi connectivity index (χ0) is 63.9. The van der Waals surface area contributed by atoms with E-state index in [9.17, 15) is 47.9 Å². The zero-order valence-electron chi connectivity index (χ0n) is 52.6. The van der Waals surface area contributed by atoms with Gasteiger partial charge in [0, 0.05) is 32.4 Å². The molecule has 2 aliphatic heterocycles. The van der Waals surface area contributed by atoms with Crippen LogP contribution in [0.2, 0.25) is 0 Å². The van der Waals surface area contributed by atoms with E-state index in [-0.39, 0.29) is 37.0 Å². The molecule has 2 saturated heterocycles. The highest BCUT2D eigenvalue weighted by Crippen LogP contribution is 2.30. The molecule has 8 atom stereocenters. The molecule has 0 aromatic heterocycles. The maximum atomic E-state index is 14.2. The molecule has 0 saturated carbocycles. The summed E-state index contributed by atoms with van der Waals surface area (Å²) in [7, 11) is 1.69. The molecule has 2 aliphatic rings. The lowest BCUT2D eigenvalue weighted by atomic mass is 10.0. The average molecular weight is 1240 g/mol. The van der Waals surface area contributed by atoms with Crippen molar-refractivity contribution in [2.45, 2.75) is 204 Å². The van der Waals surface area contributed by atoms with Crippen LogP contribution in [0.1, 0.15) is 154 Å². The van der Waals surface area contributed by atoms with E-state index in [0.717, 1.165) is 44.9 Å². The van der Waals surface area contributed by atoms with Crippen LogP contribution in [-0.2, 0) is 65.5 Å². The number of hydrazine groups is 1. The number of amides is 9. The second-order valence-electron chi connectivity index (χ2n) is 23.3. The molecule has 0 aliphatic carbocycles. The molecule has 0 bridgehead atoms. The van der Waals surface area contributed by atoms with Gasteiger partial charge in [-0.15, -0.1) is 0 Å². The first-order valence-electron chi connectivity index (χ1n) is 31.9. The number of epoxide rings is 1. The van der Waals surface area contributed by atoms with Crippen LogP contribution in [0.3, 0.4) is 0 Å². The molecule has 0 radical (unpaired) electrons. The summed E-state index contributed by atoms with van der Waals surface area (Å²) in [5.74, 6) is -4.15. The predicted molar refractivity (Wildman–Crippen MR) is 342 cm³/mol. The molecule has 0 spiro atoms. The third-order valence-electron chi connectivity index (χ3n) is 15.4. The molecule has 23 heteroatoms. The van der Waals surface area contributed by atoms with Crippen molar-refractivity contribution in [1.29, 1.82) is 0 Å². The minimum absolute atomic E-state index is 0.00273. The number of rotatable bonds is 46. The van der Waals surface area contributed by atoms with E-state index in [1.165, 1.54) is 37.4 Å². The quantitative estimate of drug-likeness (QED) is 0.0193. The number of carbonyl (C=O) groups excluding carboxylic acids is 10. The lowest BCUT2D eigenvalue weighted by Crippen LogP contribution is -2.57. The predicted octanol–water partition coefficient (Wildman–Crippen LogP) is 4.15. The molecule has 3 unspecified atom stereocenters. The molecule has 22 nitrogen and oxygen atoms in total. The smallest absolute Gasteiger partial charge is 0.251 e. The molecule has 2 heterocycles. The molecular weight excluding hydrogens is 1140 g/mol. The standard InChI is InChI=1S/C65H101N11O11S/c1-6-7-16-32-55-56(87-55)33-21-12-10-8-9-11-13-22-34-57(78)67-36-24-23-30-50(66-4)64(85)75-76-37-25-31-54(76)65(86)70-42-58(79)68-43-59(80)73-53(41-48-28-19-15-20-29-48)63(84)74-52(40-47-26-17-14-18-27-47)61(82)69-44-60(81)72-51(39-46(2)3)62(83)71-49(45-77)35-38-88-5/h12,14-15,17-21,26-29,45-46,49-56,66H,6-11,13,16,22-25,30-44H2,1-5H3,(H,67,78)(H,68,79)(H,69,82)(H,70,86)(H,71,83)(H,72,81)(H,73,80)(H,74,84)(H,75,85)/b21-12-/t49-,50?,51?,52?,53-,54-,55+,56-/m0/s1. The molecule has 488 valence electrons. The van der Waals surface area contributed by atoms with Gasteiger partial charge in [0.15, 0.2) is 0 Å². The number of ether oxygens (including phenoxy) is 1. The molecule has 4 rings (SSSR count). The zero-order valence-corrected chi connectivity index (χ0v) is 53.5. The summed E-state index contributed by atoms with van der Waals surface area (Å²) in [5.41, 5.74) is 4.24. The number of allylic oxidation sites excluding steroid dienone is 1. The Kier molecular flexibility index (Phi) is 36.1. The van der Waals surface area contributed by atoms with Gasteiger partial charge in [-0.25, -0.2) is 5.01 Å². The Morgan fingerprint density at radius 2 is 1.26 bits per heavy atom. The van der Waals surface area contributed by atoms with Gasteiger partial charge in [-0.3, -0.25) is 48.6 Å². The summed E-state index contributed by atoms with van der Waals surface area (Å²) in [5, 5.41) is 26.0. The maximum Gasteiger partial charge on any atom is 0.251 e. The van der Waals surface area contributed by atoms with Crippen molar-refractivity contribution in [2.75, 3.05) is 51.8 Å². The number of likely N-dealkylation sites (N-methyl/N-ethyl adjacent to an activating group) is 1. The van der Waals surface area contributed by atoms with Crippen LogP contribution in [-0.4, -0.2) is 165 Å². The topological polar surface area (TPSA) is 307 Å². The SMILES string of the molecule is CCCCC[C@H]1O[C@H]1C/C=C\CCCCCCCC(=O)NCCCCC(NC)C(=O)NN1CCC[C@H]1C(=O)NCC(=O)NCC(=O)N[C@@H](Cc1ccccc1)C(=O)NC(Cc1ccccc1)C(=O)NCC(=O)NC(CC(C)C)C(=O)N[C@H](C=O)CCSC. The van der Waals surface area contributed by atoms with Crippen LogP contribution in [0.5, 0.6) is 0 Å². The lowest BCUT2D eigenvalue weighted by Gasteiger charge is -2.26. The van der Waals surface area contributed by atoms with Gasteiger partial charge in [-0.2, -0.15) is 11.8 Å². The highest BCUT2D eigenvalue weighted by molar-refractivity contribution is 7.98. The van der Waals surface area contributed by atoms with Crippen molar-refractivity contribution in [3.8, 4) is 0 Å². The minimum Gasteiger partial charge on any atom is -0.369 e. The number of nitrogens with one attached hydrogen (secondary N) is 10. The Morgan fingerprint density at radius 1 is 0.625 bits per heavy atom. The van der Waals surface area contributed by atoms with E-state index in [1.807, 2.05) is 20.1 Å². The number of benzene rings is 2. The van der Waals surface area contributed by atoms with Crippen LogP contribution in [0.4, 0.5) is 0 Å². The van der Waals surface area contributed by atoms with E-state index in [2.05, 4.69) is 72.4 Å². The maximum absolute atomic E-state index is 14.2. The summed E-state index contributed by atoms with van der Waals surface area (Å²) in [6, 6.07) is 12.3. The molecular formula is C65H101N11O11S. The van der Waals surface area contributed by atoms with E-state index in [1.54, 1.807) is 72.7 Å². The Bertz CT molecular complexity index is 2490. The molecule has 9 amide bonds. The summed E-state index contributed by atoms with van der Waals surface area (Å²) < 4.78 is 5.76. The van der Waals surface area contributed by atoms with Gasteiger partial charge in [-0.1, -0.05) is 132 Å². The Morgan fingerprint density at radius 3 is 1.92 bits per heavy atom. The van der Waals surface area contributed by atoms with Crippen molar-refractivity contribution < 1.29 is 52.7 Å². The van der Waals surface area contributed by atoms with E-state index < -0.39 is 97.2 Å². The first-order valence-corrected chi connectivity index (χ1v) is 33.3. The lowest BCUT2D eigenvalue weighted by molar-refractivity contribution is -0.134. The van der Waals surface area contributed by atoms with Crippen molar-refractivity contribution in [2.24, 2.45) is 5.92 Å². The number of aldehydes is 1. The van der Waals surface area contributed by atoms with Crippen molar-refractivity contribution >= 4 is 71.2 Å². The van der Waals surface area contributed by atoms with Gasteiger partial charge >= 0.3 is 0 Å².